The number of aromatic nitrogens is 2. The number of anilines is 1. The zero-order valence-corrected chi connectivity index (χ0v) is 11.9. The number of thioether (sulfide) groups is 1. The molecule has 0 amide bonds. The average molecular weight is 286 g/mol. The summed E-state index contributed by atoms with van der Waals surface area (Å²) in [5.41, 5.74) is 1.08. The molecule has 0 radical (unpaired) electrons. The Labute approximate surface area is 116 Å². The van der Waals surface area contributed by atoms with Crippen molar-refractivity contribution in [2.24, 2.45) is 5.92 Å². The molecule has 0 saturated carbocycles. The van der Waals surface area contributed by atoms with Crippen molar-refractivity contribution in [3.8, 4) is 0 Å². The third-order valence-corrected chi connectivity index (χ3v) is 4.83. The van der Waals surface area contributed by atoms with Crippen LogP contribution in [0.4, 0.5) is 5.82 Å². The maximum absolute atomic E-state index is 5.98. The molecule has 0 bridgehead atoms. The Morgan fingerprint density at radius 1 is 1.50 bits per heavy atom. The van der Waals surface area contributed by atoms with Gasteiger partial charge in [-0.3, -0.25) is 0 Å². The highest BCUT2D eigenvalue weighted by atomic mass is 35.5. The summed E-state index contributed by atoms with van der Waals surface area (Å²) in [6.07, 6.45) is 2.10. The minimum Gasteiger partial charge on any atom is -0.381 e. The lowest BCUT2D eigenvalue weighted by Crippen LogP contribution is -2.27. The van der Waals surface area contributed by atoms with Crippen LogP contribution in [0.2, 0.25) is 5.28 Å². The van der Waals surface area contributed by atoms with Crippen molar-refractivity contribution in [3.63, 3.8) is 0 Å². The summed E-state index contributed by atoms with van der Waals surface area (Å²) in [5, 5.41) is 3.83. The molecule has 0 aromatic carbocycles. The second-order valence-corrected chi connectivity index (χ2v) is 6.22. The molecule has 2 atom stereocenters. The summed E-state index contributed by atoms with van der Waals surface area (Å²) in [6, 6.07) is 0.351. The number of hydrogen-bond acceptors (Lipinski definition) is 5. The summed E-state index contributed by atoms with van der Waals surface area (Å²) in [4.78, 5) is 9.80. The molecule has 1 aromatic heterocycles. The smallest absolute Gasteiger partial charge is 0.224 e. The maximum atomic E-state index is 5.98. The number of nitrogens with one attached hydrogen (secondary N) is 1. The summed E-state index contributed by atoms with van der Waals surface area (Å²) < 4.78 is 5.43. The molecule has 2 aliphatic heterocycles. The second kappa shape index (κ2) is 5.23. The molecular weight excluding hydrogens is 270 g/mol. The van der Waals surface area contributed by atoms with Gasteiger partial charge in [0.25, 0.3) is 0 Å². The van der Waals surface area contributed by atoms with Crippen LogP contribution in [-0.2, 0) is 11.2 Å². The third kappa shape index (κ3) is 2.44. The molecule has 4 nitrogen and oxygen atoms in total. The largest absolute Gasteiger partial charge is 0.381 e. The normalized spacial score (nSPS) is 24.0. The van der Waals surface area contributed by atoms with Gasteiger partial charge < -0.3 is 10.1 Å². The number of fused-ring (bicyclic) bond motifs is 1. The van der Waals surface area contributed by atoms with Crippen LogP contribution < -0.4 is 5.32 Å². The Morgan fingerprint density at radius 2 is 2.39 bits per heavy atom. The molecule has 18 heavy (non-hydrogen) atoms. The van der Waals surface area contributed by atoms with Gasteiger partial charge in [0.1, 0.15) is 5.82 Å². The van der Waals surface area contributed by atoms with E-state index in [-0.39, 0.29) is 0 Å². The van der Waals surface area contributed by atoms with E-state index in [9.17, 15) is 0 Å². The van der Waals surface area contributed by atoms with Crippen molar-refractivity contribution >= 4 is 29.2 Å². The van der Waals surface area contributed by atoms with Gasteiger partial charge >= 0.3 is 0 Å². The summed E-state index contributed by atoms with van der Waals surface area (Å²) in [7, 11) is 0. The lowest BCUT2D eigenvalue weighted by Gasteiger charge is -2.21. The first-order valence-corrected chi connectivity index (χ1v) is 7.64. The standard InChI is InChI=1S/C12H16ClN3OS/c1-7(8-2-4-17-6-8)14-11-10-9(3-5-18-10)15-12(13)16-11/h7-8H,2-6H2,1H3,(H,14,15,16). The van der Waals surface area contributed by atoms with Gasteiger partial charge in [-0.1, -0.05) is 0 Å². The fourth-order valence-corrected chi connectivity index (χ4v) is 3.66. The monoisotopic (exact) mass is 285 g/mol. The fourth-order valence-electron chi connectivity index (χ4n) is 2.42. The Morgan fingerprint density at radius 3 is 3.17 bits per heavy atom. The zero-order valence-electron chi connectivity index (χ0n) is 10.3. The first-order valence-electron chi connectivity index (χ1n) is 6.27. The number of rotatable bonds is 3. The van der Waals surface area contributed by atoms with Gasteiger partial charge in [0.2, 0.25) is 5.28 Å². The van der Waals surface area contributed by atoms with E-state index in [0.717, 1.165) is 43.3 Å². The minimum atomic E-state index is 0.341. The van der Waals surface area contributed by atoms with Gasteiger partial charge in [-0.2, -0.15) is 4.98 Å². The SMILES string of the molecule is CC(Nc1nc(Cl)nc2c1SCC2)C1CCOC1. The fraction of sp³-hybridized carbons (Fsp3) is 0.667. The van der Waals surface area contributed by atoms with Gasteiger partial charge in [-0.25, -0.2) is 4.98 Å². The topological polar surface area (TPSA) is 47.0 Å². The van der Waals surface area contributed by atoms with E-state index in [2.05, 4.69) is 22.2 Å². The molecule has 98 valence electrons. The van der Waals surface area contributed by atoms with Crippen LogP contribution in [0.5, 0.6) is 0 Å². The first kappa shape index (κ1) is 12.5. The molecule has 1 N–H and O–H groups in total. The van der Waals surface area contributed by atoms with Crippen molar-refractivity contribution in [1.82, 2.24) is 9.97 Å². The van der Waals surface area contributed by atoms with Crippen LogP contribution >= 0.6 is 23.4 Å². The molecule has 3 heterocycles. The van der Waals surface area contributed by atoms with Crippen LogP contribution in [0.3, 0.4) is 0 Å². The van der Waals surface area contributed by atoms with Gasteiger partial charge in [-0.15, -0.1) is 11.8 Å². The van der Waals surface area contributed by atoms with Crippen molar-refractivity contribution in [1.29, 1.82) is 0 Å². The zero-order chi connectivity index (χ0) is 12.5. The molecule has 6 heteroatoms. The predicted molar refractivity (Wildman–Crippen MR) is 73.5 cm³/mol. The first-order chi connectivity index (χ1) is 8.74. The van der Waals surface area contributed by atoms with Crippen LogP contribution in [0.1, 0.15) is 19.0 Å². The van der Waals surface area contributed by atoms with E-state index in [4.69, 9.17) is 16.3 Å². The van der Waals surface area contributed by atoms with E-state index < -0.39 is 0 Å². The van der Waals surface area contributed by atoms with Gasteiger partial charge in [0, 0.05) is 30.7 Å². The minimum absolute atomic E-state index is 0.341. The molecule has 3 rings (SSSR count). The summed E-state index contributed by atoms with van der Waals surface area (Å²) in [5.74, 6) is 2.52. The van der Waals surface area contributed by atoms with Gasteiger partial charge in [0.05, 0.1) is 17.2 Å². The van der Waals surface area contributed by atoms with E-state index in [1.807, 2.05) is 11.8 Å². The molecule has 2 unspecified atom stereocenters. The Hall–Kier alpha value is -0.520. The number of ether oxygens (including phenoxy) is 1. The van der Waals surface area contributed by atoms with Gasteiger partial charge in [-0.05, 0) is 24.9 Å². The van der Waals surface area contributed by atoms with E-state index in [1.54, 1.807) is 0 Å². The van der Waals surface area contributed by atoms with Crippen molar-refractivity contribution in [3.05, 3.63) is 11.0 Å². The van der Waals surface area contributed by atoms with Crippen LogP contribution in [0.25, 0.3) is 0 Å². The van der Waals surface area contributed by atoms with Crippen molar-refractivity contribution in [2.75, 3.05) is 24.3 Å². The van der Waals surface area contributed by atoms with Gasteiger partial charge in [0.15, 0.2) is 0 Å². The van der Waals surface area contributed by atoms with Crippen molar-refractivity contribution in [2.45, 2.75) is 30.7 Å². The van der Waals surface area contributed by atoms with E-state index in [0.29, 0.717) is 17.2 Å². The predicted octanol–water partition coefficient (Wildman–Crippen LogP) is 2.62. The second-order valence-electron chi connectivity index (χ2n) is 4.77. The maximum Gasteiger partial charge on any atom is 0.224 e. The average Bonchev–Trinajstić information content (AvgIpc) is 2.98. The molecular formula is C12H16ClN3OS. The Kier molecular flexibility index (Phi) is 3.63. The van der Waals surface area contributed by atoms with Crippen LogP contribution in [0.15, 0.2) is 4.90 Å². The highest BCUT2D eigenvalue weighted by Gasteiger charge is 2.25. The molecule has 0 aliphatic carbocycles. The van der Waals surface area contributed by atoms with Crippen LogP contribution in [0, 0.1) is 5.92 Å². The van der Waals surface area contributed by atoms with Crippen LogP contribution in [-0.4, -0.2) is 35.0 Å². The quantitative estimate of drug-likeness (QED) is 0.865. The highest BCUT2D eigenvalue weighted by Crippen LogP contribution is 2.36. The summed E-state index contributed by atoms with van der Waals surface area (Å²) >= 11 is 7.79. The van der Waals surface area contributed by atoms with Crippen molar-refractivity contribution < 1.29 is 4.74 Å². The molecule has 1 fully saturated rings. The number of aryl methyl sites for hydroxylation is 1. The lowest BCUT2D eigenvalue weighted by atomic mass is 10.0. The molecule has 2 aliphatic rings. The van der Waals surface area contributed by atoms with E-state index >= 15 is 0 Å². The lowest BCUT2D eigenvalue weighted by molar-refractivity contribution is 0.183. The molecule has 0 spiro atoms. The molecule has 1 saturated heterocycles. The Balaban J connectivity index is 1.79. The third-order valence-electron chi connectivity index (χ3n) is 3.53. The Bertz CT molecular complexity index is 451. The summed E-state index contributed by atoms with van der Waals surface area (Å²) in [6.45, 7) is 3.89. The highest BCUT2D eigenvalue weighted by molar-refractivity contribution is 7.99. The number of hydrogen-bond donors (Lipinski definition) is 1. The van der Waals surface area contributed by atoms with E-state index in [1.165, 1.54) is 4.90 Å². The molecule has 1 aromatic rings. The number of nitrogens with zero attached hydrogens (tertiary/aromatic N) is 2. The number of halogens is 1.